The molecule has 1 aromatic heterocycles. The van der Waals surface area contributed by atoms with Crippen molar-refractivity contribution in [1.82, 2.24) is 14.9 Å². The molecule has 0 fully saturated rings. The summed E-state index contributed by atoms with van der Waals surface area (Å²) in [7, 11) is 1.97. The molecule has 1 heterocycles. The van der Waals surface area contributed by atoms with Crippen LogP contribution in [0.25, 0.3) is 5.69 Å². The Labute approximate surface area is 116 Å². The topological polar surface area (TPSA) is 29.9 Å². The quantitative estimate of drug-likeness (QED) is 0.940. The first-order valence-corrected chi connectivity index (χ1v) is 6.81. The summed E-state index contributed by atoms with van der Waals surface area (Å²) in [6.07, 6.45) is 1.87. The van der Waals surface area contributed by atoms with Gasteiger partial charge in [0.05, 0.1) is 12.0 Å². The first kappa shape index (κ1) is 13.3. The van der Waals surface area contributed by atoms with Crippen molar-refractivity contribution >= 4 is 15.9 Å². The summed E-state index contributed by atoms with van der Waals surface area (Å²) in [6, 6.07) is 6.74. The van der Waals surface area contributed by atoms with Crippen LogP contribution in [0.1, 0.15) is 29.9 Å². The van der Waals surface area contributed by atoms with Gasteiger partial charge in [-0.3, -0.25) is 0 Å². The summed E-state index contributed by atoms with van der Waals surface area (Å²) < 4.78 is 3.22. The van der Waals surface area contributed by atoms with E-state index in [2.05, 4.69) is 62.8 Å². The average molecular weight is 308 g/mol. The maximum Gasteiger partial charge on any atom is 0.0997 e. The lowest BCUT2D eigenvalue weighted by Gasteiger charge is -2.14. The fraction of sp³-hybridized carbons (Fsp3) is 0.357. The number of halogens is 1. The zero-order chi connectivity index (χ0) is 13.3. The molecule has 1 atom stereocenters. The summed E-state index contributed by atoms with van der Waals surface area (Å²) >= 11 is 3.64. The lowest BCUT2D eigenvalue weighted by atomic mass is 10.1. The van der Waals surface area contributed by atoms with Gasteiger partial charge in [-0.1, -0.05) is 22.0 Å². The van der Waals surface area contributed by atoms with E-state index in [1.165, 1.54) is 11.3 Å². The van der Waals surface area contributed by atoms with Crippen LogP contribution in [0, 0.1) is 13.8 Å². The van der Waals surface area contributed by atoms with E-state index in [4.69, 9.17) is 0 Å². The summed E-state index contributed by atoms with van der Waals surface area (Å²) in [5.74, 6) is 0. The van der Waals surface area contributed by atoms with Gasteiger partial charge in [0, 0.05) is 21.9 Å². The number of aryl methyl sites for hydroxylation is 1. The van der Waals surface area contributed by atoms with Gasteiger partial charge in [-0.05, 0) is 45.5 Å². The maximum absolute atomic E-state index is 4.33. The molecular formula is C14H18BrN3. The summed E-state index contributed by atoms with van der Waals surface area (Å²) in [5.41, 5.74) is 4.64. The molecule has 1 N–H and O–H groups in total. The molecule has 0 spiro atoms. The summed E-state index contributed by atoms with van der Waals surface area (Å²) in [5, 5.41) is 3.25. The SMILES string of the molecule is CNC(C)c1ccc(-n2cnc(C)c2C)cc1Br. The minimum atomic E-state index is 0.332. The highest BCUT2D eigenvalue weighted by Crippen LogP contribution is 2.26. The van der Waals surface area contributed by atoms with Crippen LogP contribution in [-0.2, 0) is 0 Å². The van der Waals surface area contributed by atoms with Gasteiger partial charge >= 0.3 is 0 Å². The van der Waals surface area contributed by atoms with Crippen LogP contribution in [-0.4, -0.2) is 16.6 Å². The number of hydrogen-bond acceptors (Lipinski definition) is 2. The molecule has 3 nitrogen and oxygen atoms in total. The Hall–Kier alpha value is -1.13. The van der Waals surface area contributed by atoms with Crippen molar-refractivity contribution in [2.45, 2.75) is 26.8 Å². The summed E-state index contributed by atoms with van der Waals surface area (Å²) in [6.45, 7) is 6.26. The Bertz CT molecular complexity index is 560. The van der Waals surface area contributed by atoms with Gasteiger partial charge in [0.1, 0.15) is 0 Å². The number of nitrogens with zero attached hydrogens (tertiary/aromatic N) is 2. The fourth-order valence-corrected chi connectivity index (χ4v) is 2.64. The molecule has 0 aliphatic rings. The fourth-order valence-electron chi connectivity index (χ4n) is 1.93. The second kappa shape index (κ2) is 5.24. The molecule has 0 aliphatic heterocycles. The summed E-state index contributed by atoms with van der Waals surface area (Å²) in [4.78, 5) is 4.33. The lowest BCUT2D eigenvalue weighted by Crippen LogP contribution is -2.13. The first-order chi connectivity index (χ1) is 8.54. The molecule has 18 heavy (non-hydrogen) atoms. The lowest BCUT2D eigenvalue weighted by molar-refractivity contribution is 0.649. The molecule has 2 aromatic rings. The number of aromatic nitrogens is 2. The highest BCUT2D eigenvalue weighted by atomic mass is 79.9. The smallest absolute Gasteiger partial charge is 0.0997 e. The molecule has 1 aromatic carbocycles. The zero-order valence-corrected chi connectivity index (χ0v) is 12.7. The van der Waals surface area contributed by atoms with E-state index in [0.29, 0.717) is 6.04 Å². The van der Waals surface area contributed by atoms with Crippen molar-refractivity contribution < 1.29 is 0 Å². The van der Waals surface area contributed by atoms with E-state index in [1.807, 2.05) is 20.3 Å². The third kappa shape index (κ3) is 2.35. The normalized spacial score (nSPS) is 12.7. The van der Waals surface area contributed by atoms with E-state index >= 15 is 0 Å². The number of imidazole rings is 1. The van der Waals surface area contributed by atoms with Gasteiger partial charge in [-0.2, -0.15) is 0 Å². The average Bonchev–Trinajstić information content (AvgIpc) is 2.69. The van der Waals surface area contributed by atoms with Crippen LogP contribution in [0.3, 0.4) is 0 Å². The molecule has 0 aliphatic carbocycles. The second-order valence-electron chi connectivity index (χ2n) is 4.50. The largest absolute Gasteiger partial charge is 0.313 e. The van der Waals surface area contributed by atoms with Gasteiger partial charge in [-0.25, -0.2) is 4.98 Å². The van der Waals surface area contributed by atoms with Crippen molar-refractivity contribution in [3.63, 3.8) is 0 Å². The molecular weight excluding hydrogens is 290 g/mol. The van der Waals surface area contributed by atoms with Crippen LogP contribution >= 0.6 is 15.9 Å². The van der Waals surface area contributed by atoms with Crippen LogP contribution in [0.2, 0.25) is 0 Å². The molecule has 1 unspecified atom stereocenters. The molecule has 4 heteroatoms. The van der Waals surface area contributed by atoms with Crippen LogP contribution in [0.5, 0.6) is 0 Å². The Morgan fingerprint density at radius 2 is 2.06 bits per heavy atom. The molecule has 0 amide bonds. The highest BCUT2D eigenvalue weighted by Gasteiger charge is 2.10. The van der Waals surface area contributed by atoms with Gasteiger partial charge in [0.2, 0.25) is 0 Å². The maximum atomic E-state index is 4.33. The third-order valence-electron chi connectivity index (χ3n) is 3.41. The molecule has 0 bridgehead atoms. The van der Waals surface area contributed by atoms with Crippen LogP contribution in [0.15, 0.2) is 29.0 Å². The Kier molecular flexibility index (Phi) is 3.88. The van der Waals surface area contributed by atoms with E-state index < -0.39 is 0 Å². The molecule has 0 radical (unpaired) electrons. The predicted molar refractivity (Wildman–Crippen MR) is 78.2 cm³/mol. The van der Waals surface area contributed by atoms with Crippen LogP contribution < -0.4 is 5.32 Å². The van der Waals surface area contributed by atoms with E-state index in [9.17, 15) is 0 Å². The Morgan fingerprint density at radius 3 is 2.56 bits per heavy atom. The number of rotatable bonds is 3. The van der Waals surface area contributed by atoms with Crippen molar-refractivity contribution in [3.05, 3.63) is 46.0 Å². The van der Waals surface area contributed by atoms with Gasteiger partial charge in [0.25, 0.3) is 0 Å². The molecule has 0 saturated heterocycles. The van der Waals surface area contributed by atoms with Crippen molar-refractivity contribution in [3.8, 4) is 5.69 Å². The van der Waals surface area contributed by atoms with E-state index in [0.717, 1.165) is 15.9 Å². The van der Waals surface area contributed by atoms with Crippen LogP contribution in [0.4, 0.5) is 0 Å². The number of benzene rings is 1. The second-order valence-corrected chi connectivity index (χ2v) is 5.36. The molecule has 96 valence electrons. The zero-order valence-electron chi connectivity index (χ0n) is 11.2. The van der Waals surface area contributed by atoms with Crippen molar-refractivity contribution in [2.24, 2.45) is 0 Å². The van der Waals surface area contributed by atoms with Gasteiger partial charge in [-0.15, -0.1) is 0 Å². The standard InChI is InChI=1S/C14H18BrN3/c1-9-11(3)18(8-17-9)12-5-6-13(10(2)16-4)14(15)7-12/h5-8,10,16H,1-4H3. The Morgan fingerprint density at radius 1 is 1.33 bits per heavy atom. The van der Waals surface area contributed by atoms with E-state index in [1.54, 1.807) is 0 Å². The minimum Gasteiger partial charge on any atom is -0.313 e. The number of nitrogens with one attached hydrogen (secondary N) is 1. The number of hydrogen-bond donors (Lipinski definition) is 1. The highest BCUT2D eigenvalue weighted by molar-refractivity contribution is 9.10. The van der Waals surface area contributed by atoms with E-state index in [-0.39, 0.29) is 0 Å². The first-order valence-electron chi connectivity index (χ1n) is 6.02. The van der Waals surface area contributed by atoms with Gasteiger partial charge in [0.15, 0.2) is 0 Å². The molecule has 2 rings (SSSR count). The molecule has 0 saturated carbocycles. The van der Waals surface area contributed by atoms with Gasteiger partial charge < -0.3 is 9.88 Å². The monoisotopic (exact) mass is 307 g/mol. The minimum absolute atomic E-state index is 0.332. The van der Waals surface area contributed by atoms with Crippen molar-refractivity contribution in [2.75, 3.05) is 7.05 Å². The van der Waals surface area contributed by atoms with Crippen molar-refractivity contribution in [1.29, 1.82) is 0 Å². The predicted octanol–water partition coefficient (Wildman–Crippen LogP) is 3.53. The Balaban J connectivity index is 2.43. The third-order valence-corrected chi connectivity index (χ3v) is 4.10.